The zero-order chi connectivity index (χ0) is 13.0. The number of sulfone groups is 1. The van der Waals surface area contributed by atoms with Gasteiger partial charge in [0, 0.05) is 18.9 Å². The molecule has 0 aliphatic heterocycles. The number of aryl methyl sites for hydroxylation is 1. The first kappa shape index (κ1) is 12.8. The van der Waals surface area contributed by atoms with Gasteiger partial charge < -0.3 is 4.57 Å². The lowest BCUT2D eigenvalue weighted by Crippen LogP contribution is -2.11. The number of rotatable bonds is 5. The molecule has 2 aromatic rings. The van der Waals surface area contributed by atoms with E-state index in [-0.39, 0.29) is 10.6 Å². The van der Waals surface area contributed by atoms with Crippen LogP contribution in [0.1, 0.15) is 6.42 Å². The fourth-order valence-corrected chi connectivity index (χ4v) is 3.04. The second-order valence-corrected chi connectivity index (χ2v) is 5.98. The Bertz CT molecular complexity index is 609. The third-order valence-corrected chi connectivity index (χ3v) is 4.39. The summed E-state index contributed by atoms with van der Waals surface area (Å²) in [6, 6.07) is 5.44. The van der Waals surface area contributed by atoms with Crippen LogP contribution < -0.4 is 0 Å². The van der Waals surface area contributed by atoms with Gasteiger partial charge in [-0.05, 0) is 18.6 Å². The first-order valence-electron chi connectivity index (χ1n) is 5.52. The smallest absolute Gasteiger partial charge is 0.181 e. The molecule has 0 atom stereocenters. The minimum atomic E-state index is -3.55. The van der Waals surface area contributed by atoms with Crippen LogP contribution in [0, 0.1) is 5.82 Å². The van der Waals surface area contributed by atoms with Crippen LogP contribution in [0.2, 0.25) is 0 Å². The number of nitrogens with zero attached hydrogens (tertiary/aromatic N) is 2. The molecule has 0 aliphatic rings. The highest BCUT2D eigenvalue weighted by Gasteiger charge is 2.17. The Hall–Kier alpha value is -1.69. The van der Waals surface area contributed by atoms with Gasteiger partial charge in [0.25, 0.3) is 0 Å². The largest absolute Gasteiger partial charge is 0.337 e. The molecule has 96 valence electrons. The van der Waals surface area contributed by atoms with Crippen LogP contribution in [0.4, 0.5) is 4.39 Å². The SMILES string of the molecule is O=S(=O)(CCCn1ccnc1)c1ccccc1F. The van der Waals surface area contributed by atoms with Crippen LogP contribution >= 0.6 is 0 Å². The molecule has 1 heterocycles. The number of aromatic nitrogens is 2. The maximum atomic E-state index is 13.4. The minimum Gasteiger partial charge on any atom is -0.337 e. The Morgan fingerprint density at radius 1 is 1.28 bits per heavy atom. The number of imidazole rings is 1. The maximum Gasteiger partial charge on any atom is 0.181 e. The summed E-state index contributed by atoms with van der Waals surface area (Å²) in [6.45, 7) is 0.549. The molecule has 6 heteroatoms. The molecule has 1 aromatic heterocycles. The first-order chi connectivity index (χ1) is 8.59. The van der Waals surface area contributed by atoms with Gasteiger partial charge in [0.1, 0.15) is 10.7 Å². The van der Waals surface area contributed by atoms with E-state index in [0.717, 1.165) is 6.07 Å². The molecule has 2 rings (SSSR count). The van der Waals surface area contributed by atoms with E-state index in [9.17, 15) is 12.8 Å². The van der Waals surface area contributed by atoms with E-state index in [0.29, 0.717) is 13.0 Å². The zero-order valence-electron chi connectivity index (χ0n) is 9.66. The fraction of sp³-hybridized carbons (Fsp3) is 0.250. The summed E-state index contributed by atoms with van der Waals surface area (Å²) >= 11 is 0. The average Bonchev–Trinajstić information content (AvgIpc) is 2.82. The van der Waals surface area contributed by atoms with E-state index < -0.39 is 15.7 Å². The molecule has 0 bridgehead atoms. The van der Waals surface area contributed by atoms with E-state index >= 15 is 0 Å². The molecule has 1 aromatic carbocycles. The number of hydrogen-bond acceptors (Lipinski definition) is 3. The lowest BCUT2D eigenvalue weighted by molar-refractivity contribution is 0.561. The predicted molar refractivity (Wildman–Crippen MR) is 65.3 cm³/mol. The molecule has 0 radical (unpaired) electrons. The molecule has 0 fully saturated rings. The summed E-state index contributed by atoms with van der Waals surface area (Å²) < 4.78 is 39.0. The summed E-state index contributed by atoms with van der Waals surface area (Å²) in [5.41, 5.74) is 0. The summed E-state index contributed by atoms with van der Waals surface area (Å²) in [6.07, 6.45) is 5.43. The van der Waals surface area contributed by atoms with Gasteiger partial charge in [-0.25, -0.2) is 17.8 Å². The van der Waals surface area contributed by atoms with Gasteiger partial charge in [-0.3, -0.25) is 0 Å². The summed E-state index contributed by atoms with van der Waals surface area (Å²) in [5.74, 6) is -0.772. The van der Waals surface area contributed by atoms with Gasteiger partial charge in [-0.15, -0.1) is 0 Å². The van der Waals surface area contributed by atoms with Crippen LogP contribution in [0.25, 0.3) is 0 Å². The number of benzene rings is 1. The van der Waals surface area contributed by atoms with E-state index in [4.69, 9.17) is 0 Å². The highest BCUT2D eigenvalue weighted by molar-refractivity contribution is 7.91. The van der Waals surface area contributed by atoms with Crippen molar-refractivity contribution in [1.82, 2.24) is 9.55 Å². The highest BCUT2D eigenvalue weighted by Crippen LogP contribution is 2.16. The summed E-state index contributed by atoms with van der Waals surface area (Å²) in [7, 11) is -3.55. The van der Waals surface area contributed by atoms with E-state index in [1.165, 1.54) is 18.2 Å². The van der Waals surface area contributed by atoms with Gasteiger partial charge in [0.2, 0.25) is 0 Å². The van der Waals surface area contributed by atoms with Gasteiger partial charge in [-0.1, -0.05) is 12.1 Å². The van der Waals surface area contributed by atoms with E-state index in [1.807, 2.05) is 0 Å². The van der Waals surface area contributed by atoms with E-state index in [1.54, 1.807) is 23.3 Å². The number of halogens is 1. The zero-order valence-corrected chi connectivity index (χ0v) is 10.5. The quantitative estimate of drug-likeness (QED) is 0.832. The lowest BCUT2D eigenvalue weighted by atomic mass is 10.3. The topological polar surface area (TPSA) is 52.0 Å². The van der Waals surface area contributed by atoms with Gasteiger partial charge in [0.05, 0.1) is 12.1 Å². The van der Waals surface area contributed by atoms with Crippen LogP contribution in [-0.2, 0) is 16.4 Å². The van der Waals surface area contributed by atoms with Crippen molar-refractivity contribution in [3.8, 4) is 0 Å². The second-order valence-electron chi connectivity index (χ2n) is 3.90. The molecular weight excluding hydrogens is 255 g/mol. The van der Waals surface area contributed by atoms with Crippen molar-refractivity contribution < 1.29 is 12.8 Å². The monoisotopic (exact) mass is 268 g/mol. The Morgan fingerprint density at radius 3 is 2.72 bits per heavy atom. The Morgan fingerprint density at radius 2 is 2.06 bits per heavy atom. The van der Waals surface area contributed by atoms with Crippen molar-refractivity contribution in [2.24, 2.45) is 0 Å². The molecule has 0 aliphatic carbocycles. The Labute approximate surface area is 105 Å². The van der Waals surface area contributed by atoms with Crippen molar-refractivity contribution >= 4 is 9.84 Å². The maximum absolute atomic E-state index is 13.4. The van der Waals surface area contributed by atoms with Crippen molar-refractivity contribution in [1.29, 1.82) is 0 Å². The number of hydrogen-bond donors (Lipinski definition) is 0. The molecule has 0 amide bonds. The van der Waals surface area contributed by atoms with Crippen LogP contribution in [0.3, 0.4) is 0 Å². The van der Waals surface area contributed by atoms with Gasteiger partial charge in [0.15, 0.2) is 9.84 Å². The fourth-order valence-electron chi connectivity index (χ4n) is 1.66. The van der Waals surface area contributed by atoms with Crippen LogP contribution in [0.15, 0.2) is 47.9 Å². The molecule has 0 spiro atoms. The molecule has 0 saturated carbocycles. The molecule has 0 saturated heterocycles. The van der Waals surface area contributed by atoms with Crippen LogP contribution in [0.5, 0.6) is 0 Å². The van der Waals surface area contributed by atoms with Crippen molar-refractivity contribution in [2.75, 3.05) is 5.75 Å². The molecule has 18 heavy (non-hydrogen) atoms. The standard InChI is InChI=1S/C12H13FN2O2S/c13-11-4-1-2-5-12(11)18(16,17)9-3-7-15-8-6-14-10-15/h1-2,4-6,8,10H,3,7,9H2. The molecule has 4 nitrogen and oxygen atoms in total. The first-order valence-corrected chi connectivity index (χ1v) is 7.18. The van der Waals surface area contributed by atoms with Crippen molar-refractivity contribution in [3.05, 3.63) is 48.8 Å². The minimum absolute atomic E-state index is 0.0773. The predicted octanol–water partition coefficient (Wildman–Crippen LogP) is 1.89. The summed E-state index contributed by atoms with van der Waals surface area (Å²) in [5, 5.41) is 0. The molecule has 0 N–H and O–H groups in total. The van der Waals surface area contributed by atoms with Gasteiger partial charge in [-0.2, -0.15) is 0 Å². The highest BCUT2D eigenvalue weighted by atomic mass is 32.2. The Kier molecular flexibility index (Phi) is 3.76. The van der Waals surface area contributed by atoms with E-state index in [2.05, 4.69) is 4.98 Å². The Balaban J connectivity index is 2.02. The third-order valence-electron chi connectivity index (χ3n) is 2.56. The molecular formula is C12H13FN2O2S. The average molecular weight is 268 g/mol. The second kappa shape index (κ2) is 5.30. The summed E-state index contributed by atoms with van der Waals surface area (Å²) in [4.78, 5) is 3.64. The van der Waals surface area contributed by atoms with Crippen molar-refractivity contribution in [3.63, 3.8) is 0 Å². The van der Waals surface area contributed by atoms with Crippen LogP contribution in [-0.4, -0.2) is 23.7 Å². The normalized spacial score (nSPS) is 11.6. The lowest BCUT2D eigenvalue weighted by Gasteiger charge is -2.05. The van der Waals surface area contributed by atoms with Crippen molar-refractivity contribution in [2.45, 2.75) is 17.9 Å². The molecule has 0 unspecified atom stereocenters. The third kappa shape index (κ3) is 2.95. The van der Waals surface area contributed by atoms with Gasteiger partial charge >= 0.3 is 0 Å².